The van der Waals surface area contributed by atoms with Crippen LogP contribution < -0.4 is 15.2 Å². The van der Waals surface area contributed by atoms with Crippen LogP contribution in [0.3, 0.4) is 0 Å². The summed E-state index contributed by atoms with van der Waals surface area (Å²) >= 11 is 1.45. The number of benzene rings is 3. The molecule has 0 aliphatic heterocycles. The number of hydrogen-bond donors (Lipinski definition) is 1. The third-order valence-electron chi connectivity index (χ3n) is 4.31. The molecule has 2 N–H and O–H groups in total. The summed E-state index contributed by atoms with van der Waals surface area (Å²) in [4.78, 5) is 0. The number of ether oxygens (including phenoxy) is 2. The fourth-order valence-corrected chi connectivity index (χ4v) is 3.31. The van der Waals surface area contributed by atoms with Crippen molar-refractivity contribution in [3.05, 3.63) is 95.1 Å². The van der Waals surface area contributed by atoms with Crippen LogP contribution in [0, 0.1) is 6.92 Å². The molecule has 154 valence electrons. The Bertz CT molecular complexity index is 1000. The monoisotopic (exact) mass is 419 g/mol. The molecule has 0 atom stereocenters. The van der Waals surface area contributed by atoms with Crippen LogP contribution in [-0.4, -0.2) is 18.5 Å². The molecule has 0 aliphatic carbocycles. The molecule has 6 heteroatoms. The van der Waals surface area contributed by atoms with Crippen LogP contribution in [0.25, 0.3) is 0 Å². The molecule has 3 rings (SSSR count). The molecular weight excluding hydrogens is 394 g/mol. The maximum Gasteiger partial charge on any atom is 0.180 e. The van der Waals surface area contributed by atoms with Crippen LogP contribution in [0.2, 0.25) is 0 Å². The van der Waals surface area contributed by atoms with E-state index in [-0.39, 0.29) is 0 Å². The number of thioether (sulfide) groups is 1. The smallest absolute Gasteiger partial charge is 0.180 e. The molecule has 0 saturated carbocycles. The highest BCUT2D eigenvalue weighted by molar-refractivity contribution is 8.13. The Morgan fingerprint density at radius 1 is 1.03 bits per heavy atom. The first-order valence-electron chi connectivity index (χ1n) is 9.53. The van der Waals surface area contributed by atoms with E-state index < -0.39 is 0 Å². The molecular formula is C24H25N3O2S. The van der Waals surface area contributed by atoms with E-state index in [1.165, 1.54) is 22.9 Å². The largest absolute Gasteiger partial charge is 0.496 e. The molecule has 0 aliphatic rings. The van der Waals surface area contributed by atoms with Crippen molar-refractivity contribution in [1.82, 2.24) is 0 Å². The van der Waals surface area contributed by atoms with Crippen LogP contribution in [0.15, 0.2) is 83.0 Å². The topological polar surface area (TPSA) is 69.2 Å². The Balaban J connectivity index is 1.61. The van der Waals surface area contributed by atoms with Crippen molar-refractivity contribution in [2.75, 3.05) is 7.11 Å². The first-order chi connectivity index (χ1) is 14.6. The van der Waals surface area contributed by atoms with Crippen molar-refractivity contribution in [3.8, 4) is 11.5 Å². The molecule has 0 bridgehead atoms. The van der Waals surface area contributed by atoms with Gasteiger partial charge in [-0.2, -0.15) is 5.10 Å². The molecule has 30 heavy (non-hydrogen) atoms. The third kappa shape index (κ3) is 6.67. The van der Waals surface area contributed by atoms with Gasteiger partial charge in [-0.1, -0.05) is 59.8 Å². The highest BCUT2D eigenvalue weighted by atomic mass is 32.2. The van der Waals surface area contributed by atoms with Gasteiger partial charge in [0, 0.05) is 11.3 Å². The van der Waals surface area contributed by atoms with Crippen molar-refractivity contribution in [3.63, 3.8) is 0 Å². The molecule has 0 heterocycles. The Morgan fingerprint density at radius 2 is 1.80 bits per heavy atom. The van der Waals surface area contributed by atoms with E-state index >= 15 is 0 Å². The Labute approximate surface area is 181 Å². The van der Waals surface area contributed by atoms with E-state index in [1.54, 1.807) is 13.3 Å². The summed E-state index contributed by atoms with van der Waals surface area (Å²) in [5.74, 6) is 2.34. The molecule has 0 spiro atoms. The molecule has 5 nitrogen and oxygen atoms in total. The van der Waals surface area contributed by atoms with E-state index in [2.05, 4.69) is 22.3 Å². The second kappa shape index (κ2) is 11.1. The Morgan fingerprint density at radius 3 is 2.53 bits per heavy atom. The number of hydrogen-bond acceptors (Lipinski definition) is 5. The van der Waals surface area contributed by atoms with Crippen molar-refractivity contribution in [2.45, 2.75) is 19.3 Å². The van der Waals surface area contributed by atoms with Gasteiger partial charge in [0.05, 0.1) is 13.3 Å². The number of rotatable bonds is 8. The number of nitrogens with zero attached hydrogens (tertiary/aromatic N) is 2. The second-order valence-corrected chi connectivity index (χ2v) is 7.63. The minimum Gasteiger partial charge on any atom is -0.496 e. The quantitative estimate of drug-likeness (QED) is 0.311. The zero-order valence-electron chi connectivity index (χ0n) is 17.1. The number of methoxy groups -OCH3 is 1. The van der Waals surface area contributed by atoms with Gasteiger partial charge < -0.3 is 15.2 Å². The van der Waals surface area contributed by atoms with Gasteiger partial charge in [-0.05, 0) is 48.4 Å². The van der Waals surface area contributed by atoms with Gasteiger partial charge in [-0.25, -0.2) is 0 Å². The minimum absolute atomic E-state index is 0.395. The summed E-state index contributed by atoms with van der Waals surface area (Å²) in [6.45, 7) is 2.44. The van der Waals surface area contributed by atoms with Gasteiger partial charge in [-0.15, -0.1) is 5.10 Å². The van der Waals surface area contributed by atoms with Gasteiger partial charge in [0.2, 0.25) is 0 Å². The highest BCUT2D eigenvalue weighted by Crippen LogP contribution is 2.22. The summed E-state index contributed by atoms with van der Waals surface area (Å²) in [5, 5.41) is 8.61. The predicted molar refractivity (Wildman–Crippen MR) is 125 cm³/mol. The average molecular weight is 420 g/mol. The Kier molecular flexibility index (Phi) is 7.92. The van der Waals surface area contributed by atoms with Crippen molar-refractivity contribution >= 4 is 23.1 Å². The molecule has 0 fully saturated rings. The van der Waals surface area contributed by atoms with Crippen molar-refractivity contribution in [1.29, 1.82) is 0 Å². The van der Waals surface area contributed by atoms with Crippen molar-refractivity contribution in [2.24, 2.45) is 15.9 Å². The predicted octanol–water partition coefficient (Wildman–Crippen LogP) is 5.16. The zero-order valence-corrected chi connectivity index (χ0v) is 17.9. The minimum atomic E-state index is 0.395. The zero-order chi connectivity index (χ0) is 21.2. The summed E-state index contributed by atoms with van der Waals surface area (Å²) in [5.41, 5.74) is 10.1. The fourth-order valence-electron chi connectivity index (χ4n) is 2.70. The van der Waals surface area contributed by atoms with E-state index in [9.17, 15) is 0 Å². The average Bonchev–Trinajstić information content (AvgIpc) is 2.78. The fraction of sp³-hybridized carbons (Fsp3) is 0.167. The summed E-state index contributed by atoms with van der Waals surface area (Å²) in [6, 6.07) is 23.9. The van der Waals surface area contributed by atoms with Gasteiger partial charge in [0.15, 0.2) is 5.17 Å². The lowest BCUT2D eigenvalue weighted by molar-refractivity contribution is 0.296. The standard InChI is InChI=1S/C24H25N3O2S/c1-18-8-11-22(12-9-18)29-16-21-14-20(10-13-23(21)28-2)15-26-27-24(25)30-17-19-6-4-3-5-7-19/h3-15H,16-17H2,1-2H3,(H2,25,27). The third-order valence-corrected chi connectivity index (χ3v) is 5.17. The van der Waals surface area contributed by atoms with Crippen LogP contribution in [0.1, 0.15) is 22.3 Å². The van der Waals surface area contributed by atoms with Crippen molar-refractivity contribution < 1.29 is 9.47 Å². The van der Waals surface area contributed by atoms with Crippen LogP contribution >= 0.6 is 11.8 Å². The number of amidine groups is 1. The Hall–Kier alpha value is -3.25. The molecule has 0 unspecified atom stereocenters. The van der Waals surface area contributed by atoms with E-state index in [1.807, 2.05) is 67.6 Å². The van der Waals surface area contributed by atoms with Crippen LogP contribution in [0.4, 0.5) is 0 Å². The van der Waals surface area contributed by atoms with Gasteiger partial charge in [-0.3, -0.25) is 0 Å². The molecule has 0 saturated heterocycles. The highest BCUT2D eigenvalue weighted by Gasteiger charge is 2.05. The summed E-state index contributed by atoms with van der Waals surface area (Å²) < 4.78 is 11.3. The molecule has 0 amide bonds. The summed E-state index contributed by atoms with van der Waals surface area (Å²) in [6.07, 6.45) is 1.67. The van der Waals surface area contributed by atoms with E-state index in [4.69, 9.17) is 15.2 Å². The van der Waals surface area contributed by atoms with Crippen LogP contribution in [-0.2, 0) is 12.4 Å². The van der Waals surface area contributed by atoms with Crippen LogP contribution in [0.5, 0.6) is 11.5 Å². The molecule has 0 aromatic heterocycles. The lowest BCUT2D eigenvalue weighted by atomic mass is 10.1. The number of aryl methyl sites for hydroxylation is 1. The molecule has 3 aromatic rings. The first kappa shape index (κ1) is 21.5. The molecule has 3 aromatic carbocycles. The van der Waals surface area contributed by atoms with E-state index in [0.29, 0.717) is 11.8 Å². The summed E-state index contributed by atoms with van der Waals surface area (Å²) in [7, 11) is 1.65. The normalized spacial score (nSPS) is 11.6. The first-order valence-corrected chi connectivity index (χ1v) is 10.5. The van der Waals surface area contributed by atoms with E-state index in [0.717, 1.165) is 28.4 Å². The van der Waals surface area contributed by atoms with Gasteiger partial charge in [0.1, 0.15) is 18.1 Å². The number of nitrogens with two attached hydrogens (primary N) is 1. The van der Waals surface area contributed by atoms with Gasteiger partial charge in [0.25, 0.3) is 0 Å². The maximum atomic E-state index is 5.94. The molecule has 0 radical (unpaired) electrons. The lowest BCUT2D eigenvalue weighted by Gasteiger charge is -2.11. The maximum absolute atomic E-state index is 5.94. The SMILES string of the molecule is COc1ccc(C=NN=C(N)SCc2ccccc2)cc1COc1ccc(C)cc1. The second-order valence-electron chi connectivity index (χ2n) is 6.63. The lowest BCUT2D eigenvalue weighted by Crippen LogP contribution is -2.06. The van der Waals surface area contributed by atoms with Gasteiger partial charge >= 0.3 is 0 Å².